The van der Waals surface area contributed by atoms with Gasteiger partial charge in [0, 0.05) is 7.05 Å². The van der Waals surface area contributed by atoms with Crippen molar-refractivity contribution < 1.29 is 0 Å². The van der Waals surface area contributed by atoms with E-state index in [0.717, 1.165) is 11.6 Å². The van der Waals surface area contributed by atoms with Crippen LogP contribution in [0.15, 0.2) is 6.20 Å². The maximum absolute atomic E-state index is 6.33. The third kappa shape index (κ3) is 2.25. The predicted octanol–water partition coefficient (Wildman–Crippen LogP) is 2.90. The number of halogens is 1. The van der Waals surface area contributed by atoms with Crippen LogP contribution in [0.3, 0.4) is 0 Å². The van der Waals surface area contributed by atoms with Gasteiger partial charge in [-0.05, 0) is 24.7 Å². The van der Waals surface area contributed by atoms with E-state index in [0.29, 0.717) is 10.9 Å². The first-order valence-corrected chi connectivity index (χ1v) is 6.40. The molecule has 0 spiro atoms. The lowest BCUT2D eigenvalue weighted by Gasteiger charge is -2.31. The molecular formula is C12H20ClN3. The molecule has 2 N–H and O–H groups in total. The van der Waals surface area contributed by atoms with Crippen LogP contribution in [0.4, 0.5) is 0 Å². The smallest absolute Gasteiger partial charge is 0.0834 e. The van der Waals surface area contributed by atoms with E-state index in [4.69, 9.17) is 17.3 Å². The van der Waals surface area contributed by atoms with Gasteiger partial charge < -0.3 is 5.73 Å². The summed E-state index contributed by atoms with van der Waals surface area (Å²) in [5.74, 6) is 1.34. The lowest BCUT2D eigenvalue weighted by Crippen LogP contribution is -2.28. The zero-order valence-electron chi connectivity index (χ0n) is 9.99. The molecule has 1 aliphatic carbocycles. The molecule has 0 bridgehead atoms. The second-order valence-corrected chi connectivity index (χ2v) is 5.47. The molecule has 1 heterocycles. The zero-order valence-corrected chi connectivity index (χ0v) is 10.7. The summed E-state index contributed by atoms with van der Waals surface area (Å²) in [5.41, 5.74) is 7.32. The number of hydrogen-bond acceptors (Lipinski definition) is 2. The molecule has 1 aromatic rings. The van der Waals surface area contributed by atoms with Crippen molar-refractivity contribution in [3.63, 3.8) is 0 Å². The maximum Gasteiger partial charge on any atom is 0.0834 e. The molecule has 2 rings (SSSR count). The van der Waals surface area contributed by atoms with Gasteiger partial charge in [0.1, 0.15) is 0 Å². The SMILES string of the molecule is CC1CCCC(C(N)c2c(Cl)cnn2C)C1. The zero-order chi connectivity index (χ0) is 11.7. The summed E-state index contributed by atoms with van der Waals surface area (Å²) >= 11 is 6.13. The minimum atomic E-state index is 0.0303. The second kappa shape index (κ2) is 4.76. The molecule has 1 saturated carbocycles. The maximum atomic E-state index is 6.33. The standard InChI is InChI=1S/C12H20ClN3/c1-8-4-3-5-9(6-8)11(14)12-10(13)7-15-16(12)2/h7-9,11H,3-6,14H2,1-2H3. The molecule has 0 aliphatic heterocycles. The van der Waals surface area contributed by atoms with Gasteiger partial charge in [0.15, 0.2) is 0 Å². The first kappa shape index (κ1) is 11.9. The van der Waals surface area contributed by atoms with Gasteiger partial charge in [-0.3, -0.25) is 4.68 Å². The Balaban J connectivity index is 2.15. The Bertz CT molecular complexity index is 342. The van der Waals surface area contributed by atoms with Gasteiger partial charge in [-0.1, -0.05) is 31.4 Å². The summed E-state index contributed by atoms with van der Waals surface area (Å²) in [6.45, 7) is 2.31. The van der Waals surface area contributed by atoms with Crippen LogP contribution in [0.5, 0.6) is 0 Å². The monoisotopic (exact) mass is 241 g/mol. The summed E-state index contributed by atoms with van der Waals surface area (Å²) in [4.78, 5) is 0. The third-order valence-corrected chi connectivity index (χ3v) is 4.03. The molecule has 1 aromatic heterocycles. The Morgan fingerprint density at radius 3 is 2.88 bits per heavy atom. The Morgan fingerprint density at radius 1 is 1.56 bits per heavy atom. The highest BCUT2D eigenvalue weighted by atomic mass is 35.5. The van der Waals surface area contributed by atoms with Crippen LogP contribution in [0, 0.1) is 11.8 Å². The first-order valence-electron chi connectivity index (χ1n) is 6.02. The van der Waals surface area contributed by atoms with E-state index in [1.54, 1.807) is 6.20 Å². The van der Waals surface area contributed by atoms with Crippen LogP contribution < -0.4 is 5.73 Å². The average Bonchev–Trinajstić information content (AvgIpc) is 2.58. The van der Waals surface area contributed by atoms with E-state index in [1.807, 2.05) is 11.7 Å². The molecule has 0 amide bonds. The summed E-state index contributed by atoms with van der Waals surface area (Å²) in [6.07, 6.45) is 6.73. The van der Waals surface area contributed by atoms with Gasteiger partial charge >= 0.3 is 0 Å². The molecule has 1 aliphatic rings. The summed E-state index contributed by atoms with van der Waals surface area (Å²) in [7, 11) is 1.91. The van der Waals surface area contributed by atoms with E-state index in [-0.39, 0.29) is 6.04 Å². The van der Waals surface area contributed by atoms with E-state index in [9.17, 15) is 0 Å². The van der Waals surface area contributed by atoms with E-state index >= 15 is 0 Å². The van der Waals surface area contributed by atoms with Crippen molar-refractivity contribution in [2.45, 2.75) is 38.6 Å². The van der Waals surface area contributed by atoms with Crippen molar-refractivity contribution in [1.29, 1.82) is 0 Å². The van der Waals surface area contributed by atoms with E-state index < -0.39 is 0 Å². The van der Waals surface area contributed by atoms with E-state index in [2.05, 4.69) is 12.0 Å². The molecule has 3 atom stereocenters. The van der Waals surface area contributed by atoms with Crippen LogP contribution in [0.1, 0.15) is 44.3 Å². The molecular weight excluding hydrogens is 222 g/mol. The number of nitrogens with two attached hydrogens (primary N) is 1. The van der Waals surface area contributed by atoms with Crippen LogP contribution >= 0.6 is 11.6 Å². The fourth-order valence-corrected chi connectivity index (χ4v) is 3.12. The highest BCUT2D eigenvalue weighted by Crippen LogP contribution is 2.37. The number of hydrogen-bond donors (Lipinski definition) is 1. The Kier molecular flexibility index (Phi) is 3.55. The highest BCUT2D eigenvalue weighted by Gasteiger charge is 2.28. The lowest BCUT2D eigenvalue weighted by molar-refractivity contribution is 0.243. The van der Waals surface area contributed by atoms with Crippen molar-refractivity contribution >= 4 is 11.6 Å². The fraction of sp³-hybridized carbons (Fsp3) is 0.750. The van der Waals surface area contributed by atoms with Gasteiger partial charge in [-0.2, -0.15) is 5.10 Å². The minimum absolute atomic E-state index is 0.0303. The summed E-state index contributed by atoms with van der Waals surface area (Å²) in [5, 5.41) is 4.86. The molecule has 0 saturated heterocycles. The molecule has 3 nitrogen and oxygen atoms in total. The molecule has 16 heavy (non-hydrogen) atoms. The van der Waals surface area contributed by atoms with Crippen molar-refractivity contribution in [2.24, 2.45) is 24.6 Å². The predicted molar refractivity (Wildman–Crippen MR) is 66.3 cm³/mol. The Morgan fingerprint density at radius 2 is 2.31 bits per heavy atom. The molecule has 0 radical (unpaired) electrons. The largest absolute Gasteiger partial charge is 0.322 e. The van der Waals surface area contributed by atoms with Crippen molar-refractivity contribution in [3.05, 3.63) is 16.9 Å². The van der Waals surface area contributed by atoms with Gasteiger partial charge in [-0.25, -0.2) is 0 Å². The van der Waals surface area contributed by atoms with E-state index in [1.165, 1.54) is 25.7 Å². The van der Waals surface area contributed by atoms with Crippen LogP contribution in [-0.2, 0) is 7.05 Å². The normalized spacial score (nSPS) is 28.0. The average molecular weight is 242 g/mol. The van der Waals surface area contributed by atoms with Gasteiger partial charge in [0.25, 0.3) is 0 Å². The molecule has 0 aromatic carbocycles. The van der Waals surface area contributed by atoms with Gasteiger partial charge in [0.05, 0.1) is 23.0 Å². The van der Waals surface area contributed by atoms with Crippen LogP contribution in [0.2, 0.25) is 5.02 Å². The molecule has 3 unspecified atom stereocenters. The summed E-state index contributed by atoms with van der Waals surface area (Å²) in [6, 6.07) is 0.0303. The topological polar surface area (TPSA) is 43.8 Å². The number of aryl methyl sites for hydroxylation is 1. The highest BCUT2D eigenvalue weighted by molar-refractivity contribution is 6.31. The minimum Gasteiger partial charge on any atom is -0.322 e. The van der Waals surface area contributed by atoms with Crippen molar-refractivity contribution in [3.8, 4) is 0 Å². The van der Waals surface area contributed by atoms with Crippen LogP contribution in [-0.4, -0.2) is 9.78 Å². The quantitative estimate of drug-likeness (QED) is 0.865. The van der Waals surface area contributed by atoms with Crippen LogP contribution in [0.25, 0.3) is 0 Å². The number of nitrogens with zero attached hydrogens (tertiary/aromatic N) is 2. The lowest BCUT2D eigenvalue weighted by atomic mass is 9.78. The molecule has 4 heteroatoms. The first-order chi connectivity index (χ1) is 7.59. The number of aromatic nitrogens is 2. The second-order valence-electron chi connectivity index (χ2n) is 5.06. The van der Waals surface area contributed by atoms with Gasteiger partial charge in [-0.15, -0.1) is 0 Å². The molecule has 90 valence electrons. The number of rotatable bonds is 2. The fourth-order valence-electron chi connectivity index (χ4n) is 2.83. The Hall–Kier alpha value is -0.540. The van der Waals surface area contributed by atoms with Crippen molar-refractivity contribution in [1.82, 2.24) is 9.78 Å². The third-order valence-electron chi connectivity index (χ3n) is 3.74. The van der Waals surface area contributed by atoms with Gasteiger partial charge in [0.2, 0.25) is 0 Å². The Labute approximate surface area is 102 Å². The molecule has 1 fully saturated rings. The summed E-state index contributed by atoms with van der Waals surface area (Å²) < 4.78 is 1.81. The van der Waals surface area contributed by atoms with Crippen molar-refractivity contribution in [2.75, 3.05) is 0 Å².